The zero-order valence-electron chi connectivity index (χ0n) is 13.8. The van der Waals surface area contributed by atoms with Crippen molar-refractivity contribution in [3.8, 4) is 0 Å². The molecule has 2 aromatic heterocycles. The molecule has 0 saturated carbocycles. The maximum Gasteiger partial charge on any atom is 0.328 e. The maximum atomic E-state index is 12.3. The highest BCUT2D eigenvalue weighted by atomic mass is 35.5. The molecule has 0 bridgehead atoms. The summed E-state index contributed by atoms with van der Waals surface area (Å²) in [5.74, 6) is 1.25. The molecule has 1 atom stereocenters. The highest BCUT2D eigenvalue weighted by molar-refractivity contribution is 7.85. The number of hydrogen-bond acceptors (Lipinski definition) is 5. The topological polar surface area (TPSA) is 113 Å². The number of rotatable bonds is 6. The number of imidazole rings is 1. The van der Waals surface area contributed by atoms with Crippen molar-refractivity contribution in [3.05, 3.63) is 45.9 Å². The molecule has 0 saturated heterocycles. The number of nitrogen functional groups attached to an aromatic ring is 1. The molecule has 0 amide bonds. The average molecular weight is 379 g/mol. The molecule has 3 rings (SSSR count). The van der Waals surface area contributed by atoms with Crippen LogP contribution in [0.25, 0.3) is 11.2 Å². The van der Waals surface area contributed by atoms with E-state index in [9.17, 15) is 4.79 Å². The van der Waals surface area contributed by atoms with E-state index in [1.165, 1.54) is 4.57 Å². The van der Waals surface area contributed by atoms with Crippen LogP contribution in [0.3, 0.4) is 0 Å². The highest BCUT2D eigenvalue weighted by Crippen LogP contribution is 2.17. The Morgan fingerprint density at radius 2 is 2.04 bits per heavy atom. The predicted molar refractivity (Wildman–Crippen MR) is 101 cm³/mol. The van der Waals surface area contributed by atoms with Crippen molar-refractivity contribution in [1.82, 2.24) is 19.5 Å². The summed E-state index contributed by atoms with van der Waals surface area (Å²) in [5.41, 5.74) is 8.67. The Hall–Kier alpha value is -2.19. The van der Waals surface area contributed by atoms with Gasteiger partial charge in [0.1, 0.15) is 5.52 Å². The van der Waals surface area contributed by atoms with Crippen LogP contribution in [0.2, 0.25) is 0 Å². The highest BCUT2D eigenvalue weighted by Gasteiger charge is 2.15. The van der Waals surface area contributed by atoms with Gasteiger partial charge in [-0.15, -0.1) is 11.6 Å². The molecule has 7 nitrogen and oxygen atoms in total. The van der Waals surface area contributed by atoms with Crippen LogP contribution in [-0.4, -0.2) is 31.2 Å². The molecule has 3 aromatic rings. The lowest BCUT2D eigenvalue weighted by molar-refractivity contribution is 0.770. The third-order valence-electron chi connectivity index (χ3n) is 3.79. The minimum Gasteiger partial charge on any atom is -0.382 e. The number of H-pyrrole nitrogens is 1. The molecule has 1 aromatic carbocycles. The smallest absolute Gasteiger partial charge is 0.328 e. The summed E-state index contributed by atoms with van der Waals surface area (Å²) in [5, 5.41) is 0.340. The Kier molecular flexibility index (Phi) is 5.19. The quantitative estimate of drug-likeness (QED) is 0.451. The Balaban J connectivity index is 2.04. The Bertz CT molecular complexity index is 979. The van der Waals surface area contributed by atoms with E-state index in [0.29, 0.717) is 40.9 Å². The molecule has 0 radical (unpaired) electrons. The molecular weight excluding hydrogens is 360 g/mol. The van der Waals surface area contributed by atoms with Crippen molar-refractivity contribution < 1.29 is 0 Å². The monoisotopic (exact) mass is 378 g/mol. The first-order chi connectivity index (χ1) is 12.0. The molecule has 132 valence electrons. The van der Waals surface area contributed by atoms with Gasteiger partial charge < -0.3 is 10.7 Å². The van der Waals surface area contributed by atoms with E-state index < -0.39 is 10.7 Å². The Morgan fingerprint density at radius 3 is 2.72 bits per heavy atom. The van der Waals surface area contributed by atoms with Gasteiger partial charge in [0.15, 0.2) is 11.5 Å². The molecule has 0 aliphatic rings. The molecular formula is C16H19ClN6OS. The van der Waals surface area contributed by atoms with Crippen LogP contribution in [0, 0.1) is 11.7 Å². The van der Waals surface area contributed by atoms with Crippen LogP contribution in [0.15, 0.2) is 34.2 Å². The molecule has 4 N–H and O–H groups in total. The van der Waals surface area contributed by atoms with Crippen molar-refractivity contribution in [1.29, 1.82) is 4.78 Å². The van der Waals surface area contributed by atoms with Crippen LogP contribution in [0.4, 0.5) is 5.82 Å². The summed E-state index contributed by atoms with van der Waals surface area (Å²) in [6, 6.07) is 7.94. The third kappa shape index (κ3) is 3.74. The van der Waals surface area contributed by atoms with Crippen molar-refractivity contribution in [2.24, 2.45) is 0 Å². The zero-order valence-corrected chi connectivity index (χ0v) is 15.3. The second-order valence-corrected chi connectivity index (χ2v) is 7.66. The number of aromatic amines is 1. The van der Waals surface area contributed by atoms with E-state index >= 15 is 0 Å². The van der Waals surface area contributed by atoms with Crippen LogP contribution in [0.5, 0.6) is 0 Å². The van der Waals surface area contributed by atoms with Gasteiger partial charge in [-0.05, 0) is 29.6 Å². The minimum absolute atomic E-state index is 0.190. The average Bonchev–Trinajstić information content (AvgIpc) is 2.91. The minimum atomic E-state index is -0.914. The molecule has 1 unspecified atom stereocenters. The summed E-state index contributed by atoms with van der Waals surface area (Å²) < 4.78 is 9.73. The number of aromatic nitrogens is 4. The summed E-state index contributed by atoms with van der Waals surface area (Å²) in [7, 11) is -0.914. The van der Waals surface area contributed by atoms with Crippen LogP contribution < -0.4 is 11.4 Å². The molecule has 9 heteroatoms. The van der Waals surface area contributed by atoms with Crippen molar-refractivity contribution in [2.45, 2.75) is 25.0 Å². The number of anilines is 1. The van der Waals surface area contributed by atoms with Crippen molar-refractivity contribution >= 4 is 39.3 Å². The molecule has 0 spiro atoms. The fourth-order valence-corrected chi connectivity index (χ4v) is 3.77. The van der Waals surface area contributed by atoms with Crippen LogP contribution in [0.1, 0.15) is 17.5 Å². The fourth-order valence-electron chi connectivity index (χ4n) is 2.45. The second-order valence-electron chi connectivity index (χ2n) is 5.73. The molecule has 0 aliphatic heterocycles. The van der Waals surface area contributed by atoms with E-state index in [1.54, 1.807) is 0 Å². The summed E-state index contributed by atoms with van der Waals surface area (Å²) in [6.07, 6.45) is 0.707. The number of halogens is 1. The summed E-state index contributed by atoms with van der Waals surface area (Å²) in [4.78, 5) is 23.7. The summed E-state index contributed by atoms with van der Waals surface area (Å²) in [6.45, 7) is 2.39. The zero-order chi connectivity index (χ0) is 18.0. The molecule has 0 fully saturated rings. The predicted octanol–water partition coefficient (Wildman–Crippen LogP) is 2.43. The number of nitrogens with zero attached hydrogens (tertiary/aromatic N) is 3. The largest absolute Gasteiger partial charge is 0.382 e. The molecule has 0 aliphatic carbocycles. The van der Waals surface area contributed by atoms with Crippen LogP contribution >= 0.6 is 11.6 Å². The third-order valence-corrected chi connectivity index (χ3v) is 5.38. The summed E-state index contributed by atoms with van der Waals surface area (Å²) >= 11 is 5.69. The first-order valence-electron chi connectivity index (χ1n) is 7.79. The lowest BCUT2D eigenvalue weighted by Crippen LogP contribution is -2.18. The van der Waals surface area contributed by atoms with Crippen molar-refractivity contribution in [3.63, 3.8) is 0 Å². The maximum absolute atomic E-state index is 12.3. The van der Waals surface area contributed by atoms with Gasteiger partial charge in [0.2, 0.25) is 5.16 Å². The lowest BCUT2D eigenvalue weighted by Gasteiger charge is -2.07. The Labute approximate surface area is 152 Å². The van der Waals surface area contributed by atoms with Crippen molar-refractivity contribution in [2.75, 3.05) is 17.4 Å². The van der Waals surface area contributed by atoms with Gasteiger partial charge in [-0.3, -0.25) is 9.35 Å². The fraction of sp³-hybridized carbons (Fsp3) is 0.312. The second kappa shape index (κ2) is 7.37. The van der Waals surface area contributed by atoms with Gasteiger partial charge in [0, 0.05) is 11.6 Å². The van der Waals surface area contributed by atoms with E-state index in [1.807, 2.05) is 31.2 Å². The van der Waals surface area contributed by atoms with Crippen LogP contribution in [-0.2, 0) is 17.2 Å². The number of hydrogen-bond donors (Lipinski definition) is 3. The van der Waals surface area contributed by atoms with Gasteiger partial charge in [0.05, 0.1) is 6.54 Å². The SMILES string of the molecule is Cc1ccc(Cn2c(=O)[nH]c3c(N)nc(S(=N)CCCCl)nc32)cc1. The number of fused-ring (bicyclic) bond motifs is 1. The molecule has 2 heterocycles. The lowest BCUT2D eigenvalue weighted by atomic mass is 10.1. The number of nitrogens with one attached hydrogen (secondary N) is 2. The first kappa shape index (κ1) is 17.6. The first-order valence-corrected chi connectivity index (χ1v) is 9.72. The van der Waals surface area contributed by atoms with Gasteiger partial charge >= 0.3 is 5.69 Å². The van der Waals surface area contributed by atoms with Gasteiger partial charge in [-0.1, -0.05) is 29.8 Å². The molecule has 25 heavy (non-hydrogen) atoms. The normalized spacial score (nSPS) is 12.6. The van der Waals surface area contributed by atoms with Gasteiger partial charge in [0.25, 0.3) is 0 Å². The number of alkyl halides is 1. The number of benzene rings is 1. The van der Waals surface area contributed by atoms with E-state index in [4.69, 9.17) is 22.1 Å². The van der Waals surface area contributed by atoms with Gasteiger partial charge in [-0.25, -0.2) is 14.8 Å². The van der Waals surface area contributed by atoms with E-state index in [2.05, 4.69) is 15.0 Å². The van der Waals surface area contributed by atoms with Gasteiger partial charge in [-0.2, -0.15) is 0 Å². The van der Waals surface area contributed by atoms with E-state index in [-0.39, 0.29) is 11.5 Å². The number of aryl methyl sites for hydroxylation is 1. The Morgan fingerprint density at radius 1 is 1.32 bits per heavy atom. The van der Waals surface area contributed by atoms with E-state index in [0.717, 1.165) is 11.1 Å². The number of nitrogens with two attached hydrogens (primary N) is 1. The standard InChI is InChI=1S/C16H19ClN6OS/c1-10-3-5-11(6-4-10)9-23-14-12(20-16(23)24)13(18)21-15(22-14)25(19)8-2-7-17/h3-6,19H,2,7-9H2,1H3,(H,20,24)(H2,18,21,22).